The molecule has 2 N–H and O–H groups in total. The first kappa shape index (κ1) is 16.1. The van der Waals surface area contributed by atoms with E-state index >= 15 is 0 Å². The lowest BCUT2D eigenvalue weighted by atomic mass is 9.80. The molecule has 2 amide bonds. The number of urea groups is 1. The summed E-state index contributed by atoms with van der Waals surface area (Å²) in [6, 6.07) is 0.341. The Kier molecular flexibility index (Phi) is 5.48. The molecule has 21 heavy (non-hydrogen) atoms. The highest BCUT2D eigenvalue weighted by Crippen LogP contribution is 2.29. The van der Waals surface area contributed by atoms with Gasteiger partial charge >= 0.3 is 12.0 Å². The van der Waals surface area contributed by atoms with Crippen molar-refractivity contribution in [3.8, 4) is 0 Å². The maximum Gasteiger partial charge on any atom is 0.317 e. The molecule has 5 nitrogen and oxygen atoms in total. The van der Waals surface area contributed by atoms with Crippen molar-refractivity contribution in [2.75, 3.05) is 13.1 Å². The fourth-order valence-electron chi connectivity index (χ4n) is 3.91. The van der Waals surface area contributed by atoms with E-state index in [2.05, 4.69) is 19.2 Å². The maximum absolute atomic E-state index is 12.3. The number of likely N-dealkylation sites (tertiary alicyclic amines) is 1. The number of hydrogen-bond acceptors (Lipinski definition) is 2. The molecule has 0 spiro atoms. The van der Waals surface area contributed by atoms with E-state index in [0.717, 1.165) is 25.8 Å². The van der Waals surface area contributed by atoms with Gasteiger partial charge < -0.3 is 15.3 Å². The number of rotatable bonds is 4. The molecule has 1 saturated heterocycles. The van der Waals surface area contributed by atoms with E-state index in [0.29, 0.717) is 36.8 Å². The smallest absolute Gasteiger partial charge is 0.317 e. The van der Waals surface area contributed by atoms with Crippen molar-refractivity contribution in [1.82, 2.24) is 10.2 Å². The van der Waals surface area contributed by atoms with Crippen molar-refractivity contribution in [3.05, 3.63) is 0 Å². The van der Waals surface area contributed by atoms with Crippen molar-refractivity contribution in [3.63, 3.8) is 0 Å². The summed E-state index contributed by atoms with van der Waals surface area (Å²) in [5.41, 5.74) is 0. The number of nitrogens with one attached hydrogen (secondary N) is 1. The highest BCUT2D eigenvalue weighted by atomic mass is 16.4. The molecular weight excluding hydrogens is 268 g/mol. The van der Waals surface area contributed by atoms with E-state index in [1.54, 1.807) is 0 Å². The molecule has 1 aliphatic heterocycles. The van der Waals surface area contributed by atoms with E-state index in [-0.39, 0.29) is 12.5 Å². The van der Waals surface area contributed by atoms with Gasteiger partial charge in [-0.1, -0.05) is 13.8 Å². The predicted molar refractivity (Wildman–Crippen MR) is 81.0 cm³/mol. The molecule has 1 aliphatic carbocycles. The molecule has 0 aromatic carbocycles. The number of hydrogen-bond donors (Lipinski definition) is 2. The molecule has 2 aliphatic rings. The number of amides is 2. The third-order valence-corrected chi connectivity index (χ3v) is 4.85. The zero-order valence-corrected chi connectivity index (χ0v) is 13.2. The van der Waals surface area contributed by atoms with Crippen LogP contribution in [0.1, 0.15) is 52.4 Å². The number of carboxylic acid groups (broad SMARTS) is 1. The standard InChI is InChI=1S/C16H28N2O3/c1-11-7-12(2)9-14(8-11)17-16(21)18-6-5-13(10-18)3-4-15(19)20/h11-14H,3-10H2,1-2H3,(H,17,21)(H,19,20). The molecule has 0 radical (unpaired) electrons. The lowest BCUT2D eigenvalue weighted by Crippen LogP contribution is -2.46. The summed E-state index contributed by atoms with van der Waals surface area (Å²) < 4.78 is 0. The Morgan fingerprint density at radius 2 is 1.86 bits per heavy atom. The topological polar surface area (TPSA) is 69.6 Å². The van der Waals surface area contributed by atoms with Crippen LogP contribution >= 0.6 is 0 Å². The fraction of sp³-hybridized carbons (Fsp3) is 0.875. The molecule has 0 aromatic rings. The van der Waals surface area contributed by atoms with E-state index in [1.807, 2.05) is 4.90 Å². The molecule has 1 saturated carbocycles. The Balaban J connectivity index is 1.75. The van der Waals surface area contributed by atoms with Crippen LogP contribution < -0.4 is 5.32 Å². The summed E-state index contributed by atoms with van der Waals surface area (Å²) in [6.45, 7) is 5.98. The highest BCUT2D eigenvalue weighted by Gasteiger charge is 2.30. The average molecular weight is 296 g/mol. The minimum atomic E-state index is -0.747. The Labute approximate surface area is 127 Å². The van der Waals surface area contributed by atoms with Crippen molar-refractivity contribution in [2.45, 2.75) is 58.4 Å². The van der Waals surface area contributed by atoms with Crippen molar-refractivity contribution in [1.29, 1.82) is 0 Å². The van der Waals surface area contributed by atoms with Gasteiger partial charge in [0.25, 0.3) is 0 Å². The van der Waals surface area contributed by atoms with E-state index in [9.17, 15) is 9.59 Å². The Morgan fingerprint density at radius 3 is 2.48 bits per heavy atom. The molecule has 3 unspecified atom stereocenters. The monoisotopic (exact) mass is 296 g/mol. The van der Waals surface area contributed by atoms with Gasteiger partial charge in [-0.15, -0.1) is 0 Å². The number of carbonyl (C=O) groups is 2. The summed E-state index contributed by atoms with van der Waals surface area (Å²) in [6.07, 6.45) is 5.22. The Morgan fingerprint density at radius 1 is 1.19 bits per heavy atom. The van der Waals surface area contributed by atoms with Crippen LogP contribution in [0, 0.1) is 17.8 Å². The van der Waals surface area contributed by atoms with Crippen LogP contribution in [0.4, 0.5) is 4.79 Å². The molecule has 5 heteroatoms. The second-order valence-corrected chi connectivity index (χ2v) is 7.10. The van der Waals surface area contributed by atoms with E-state index in [1.165, 1.54) is 6.42 Å². The maximum atomic E-state index is 12.3. The zero-order valence-electron chi connectivity index (χ0n) is 13.2. The third kappa shape index (κ3) is 4.90. The molecule has 0 aromatic heterocycles. The van der Waals surface area contributed by atoms with Crippen LogP contribution in [-0.2, 0) is 4.79 Å². The normalized spacial score (nSPS) is 33.0. The second-order valence-electron chi connectivity index (χ2n) is 7.10. The lowest BCUT2D eigenvalue weighted by molar-refractivity contribution is -0.137. The first-order chi connectivity index (χ1) is 9.94. The van der Waals surface area contributed by atoms with Gasteiger partial charge in [0.2, 0.25) is 0 Å². The summed E-state index contributed by atoms with van der Waals surface area (Å²) in [5.74, 6) is 0.959. The molecule has 3 atom stereocenters. The largest absolute Gasteiger partial charge is 0.481 e. The molecule has 1 heterocycles. The predicted octanol–water partition coefficient (Wildman–Crippen LogP) is 2.71. The van der Waals surface area contributed by atoms with Crippen LogP contribution in [0.2, 0.25) is 0 Å². The second kappa shape index (κ2) is 7.14. The SMILES string of the molecule is CC1CC(C)CC(NC(=O)N2CCC(CCC(=O)O)C2)C1. The van der Waals surface area contributed by atoms with Crippen molar-refractivity contribution >= 4 is 12.0 Å². The van der Waals surface area contributed by atoms with Gasteiger partial charge in [0, 0.05) is 25.6 Å². The summed E-state index contributed by atoms with van der Waals surface area (Å²) in [7, 11) is 0. The van der Waals surface area contributed by atoms with Crippen molar-refractivity contribution < 1.29 is 14.7 Å². The molecule has 2 fully saturated rings. The first-order valence-electron chi connectivity index (χ1n) is 8.21. The van der Waals surface area contributed by atoms with E-state index in [4.69, 9.17) is 5.11 Å². The van der Waals surface area contributed by atoms with Gasteiger partial charge in [0.1, 0.15) is 0 Å². The third-order valence-electron chi connectivity index (χ3n) is 4.85. The van der Waals surface area contributed by atoms with Crippen LogP contribution in [-0.4, -0.2) is 41.1 Å². The molecule has 2 rings (SSSR count). The molecular formula is C16H28N2O3. The van der Waals surface area contributed by atoms with Gasteiger partial charge in [0.15, 0.2) is 0 Å². The van der Waals surface area contributed by atoms with Crippen LogP contribution in [0.25, 0.3) is 0 Å². The summed E-state index contributed by atoms with van der Waals surface area (Å²) in [4.78, 5) is 24.8. The first-order valence-corrected chi connectivity index (χ1v) is 8.21. The molecule has 0 bridgehead atoms. The number of carbonyl (C=O) groups excluding carboxylic acids is 1. The fourth-order valence-corrected chi connectivity index (χ4v) is 3.91. The van der Waals surface area contributed by atoms with Crippen LogP contribution in [0.15, 0.2) is 0 Å². The lowest BCUT2D eigenvalue weighted by Gasteiger charge is -2.33. The van der Waals surface area contributed by atoms with Gasteiger partial charge in [-0.05, 0) is 49.9 Å². The van der Waals surface area contributed by atoms with Gasteiger partial charge in [-0.2, -0.15) is 0 Å². The highest BCUT2D eigenvalue weighted by molar-refractivity contribution is 5.74. The van der Waals surface area contributed by atoms with Crippen LogP contribution in [0.5, 0.6) is 0 Å². The number of carboxylic acids is 1. The minimum Gasteiger partial charge on any atom is -0.481 e. The van der Waals surface area contributed by atoms with E-state index < -0.39 is 5.97 Å². The molecule has 120 valence electrons. The summed E-state index contributed by atoms with van der Waals surface area (Å²) >= 11 is 0. The van der Waals surface area contributed by atoms with Gasteiger partial charge in [-0.25, -0.2) is 4.79 Å². The van der Waals surface area contributed by atoms with Crippen molar-refractivity contribution in [2.24, 2.45) is 17.8 Å². The van der Waals surface area contributed by atoms with Gasteiger partial charge in [0.05, 0.1) is 0 Å². The van der Waals surface area contributed by atoms with Crippen LogP contribution in [0.3, 0.4) is 0 Å². The minimum absolute atomic E-state index is 0.0409. The quantitative estimate of drug-likeness (QED) is 0.838. The summed E-state index contributed by atoms with van der Waals surface area (Å²) in [5, 5.41) is 11.9. The number of aliphatic carboxylic acids is 1. The number of nitrogens with zero attached hydrogens (tertiary/aromatic N) is 1. The Hall–Kier alpha value is -1.26. The zero-order chi connectivity index (χ0) is 15.4. The average Bonchev–Trinajstić information content (AvgIpc) is 2.83. The Bertz CT molecular complexity index is 376. The van der Waals surface area contributed by atoms with Gasteiger partial charge in [-0.3, -0.25) is 4.79 Å².